The number of ketones is 2. The first-order valence-electron chi connectivity index (χ1n) is 13.0. The topological polar surface area (TPSA) is 81.1 Å². The molecule has 7 rings (SSSR count). The van der Waals surface area contributed by atoms with Crippen LogP contribution in [0.1, 0.15) is 88.7 Å². The first kappa shape index (κ1) is 21.8. The number of nitrogens with zero attached hydrogens (tertiary/aromatic N) is 2. The van der Waals surface area contributed by atoms with Crippen LogP contribution in [-0.2, 0) is 14.4 Å². The molecule has 1 unspecified atom stereocenters. The summed E-state index contributed by atoms with van der Waals surface area (Å²) in [4.78, 5) is 43.2. The van der Waals surface area contributed by atoms with Gasteiger partial charge in [0.15, 0.2) is 0 Å². The van der Waals surface area contributed by atoms with Gasteiger partial charge in [-0.05, 0) is 56.9 Å². The van der Waals surface area contributed by atoms with Crippen molar-refractivity contribution in [2.24, 2.45) is 10.8 Å². The van der Waals surface area contributed by atoms with Crippen LogP contribution in [0.5, 0.6) is 0 Å². The van der Waals surface area contributed by atoms with Crippen LogP contribution in [0.2, 0.25) is 0 Å². The van der Waals surface area contributed by atoms with Crippen LogP contribution in [0.4, 0.5) is 0 Å². The van der Waals surface area contributed by atoms with E-state index in [0.717, 1.165) is 63.5 Å². The standard InChI is InChI=1S/C28H33N3O3/c32-20-8-6-19(7-9-20)30-26(34)28-11-3-10-27(12-14-28,13-15-28)25(33)16-23-21-4-1-2-5-22(21)24-17-29-18-31(23)24/h1-2,4-5,17-19,23H,3,6-16H2,(H,30,34). The molecule has 0 spiro atoms. The summed E-state index contributed by atoms with van der Waals surface area (Å²) in [5.41, 5.74) is 2.86. The summed E-state index contributed by atoms with van der Waals surface area (Å²) in [5, 5.41) is 3.29. The molecule has 1 aromatic heterocycles. The second-order valence-electron chi connectivity index (χ2n) is 11.1. The van der Waals surface area contributed by atoms with E-state index in [2.05, 4.69) is 33.1 Å². The minimum Gasteiger partial charge on any atom is -0.353 e. The molecule has 0 radical (unpaired) electrons. The molecule has 4 aliphatic carbocycles. The number of hydrogen-bond acceptors (Lipinski definition) is 4. The number of benzene rings is 1. The number of imidazole rings is 1. The van der Waals surface area contributed by atoms with Crippen LogP contribution in [0.3, 0.4) is 0 Å². The molecule has 5 aliphatic rings. The predicted octanol–water partition coefficient (Wildman–Crippen LogP) is 4.77. The van der Waals surface area contributed by atoms with E-state index in [1.54, 1.807) is 0 Å². The van der Waals surface area contributed by atoms with Gasteiger partial charge in [0.05, 0.1) is 24.3 Å². The Morgan fingerprint density at radius 3 is 2.50 bits per heavy atom. The average Bonchev–Trinajstić information content (AvgIpc) is 3.31. The summed E-state index contributed by atoms with van der Waals surface area (Å²) in [6.07, 6.45) is 12.9. The second-order valence-corrected chi connectivity index (χ2v) is 11.1. The first-order valence-corrected chi connectivity index (χ1v) is 13.0. The molecule has 1 aliphatic heterocycles. The molecule has 6 nitrogen and oxygen atoms in total. The number of fused-ring (bicyclic) bond motifs is 7. The fourth-order valence-electron chi connectivity index (χ4n) is 7.19. The lowest BCUT2D eigenvalue weighted by molar-refractivity contribution is -0.139. The fraction of sp³-hybridized carbons (Fsp3) is 0.571. The Labute approximate surface area is 200 Å². The molecule has 1 atom stereocenters. The summed E-state index contributed by atoms with van der Waals surface area (Å²) in [6.45, 7) is 0. The number of aromatic nitrogens is 2. The Morgan fingerprint density at radius 2 is 1.71 bits per heavy atom. The normalized spacial score (nSPS) is 30.5. The molecule has 4 fully saturated rings. The van der Waals surface area contributed by atoms with E-state index in [9.17, 15) is 14.4 Å². The molecule has 2 aromatic rings. The highest BCUT2D eigenvalue weighted by atomic mass is 16.2. The van der Waals surface area contributed by atoms with Crippen molar-refractivity contribution < 1.29 is 14.4 Å². The fourth-order valence-corrected chi connectivity index (χ4v) is 7.19. The minimum absolute atomic E-state index is 0.0165. The van der Waals surface area contributed by atoms with E-state index in [1.807, 2.05) is 18.6 Å². The van der Waals surface area contributed by atoms with Crippen LogP contribution >= 0.6 is 0 Å². The van der Waals surface area contributed by atoms with Crippen LogP contribution in [-0.4, -0.2) is 33.1 Å². The molecule has 1 amide bonds. The zero-order chi connectivity index (χ0) is 23.3. The number of rotatable bonds is 5. The van der Waals surface area contributed by atoms with Gasteiger partial charge in [0.1, 0.15) is 11.6 Å². The molecule has 178 valence electrons. The van der Waals surface area contributed by atoms with Crippen molar-refractivity contribution in [1.29, 1.82) is 0 Å². The van der Waals surface area contributed by atoms with E-state index in [-0.39, 0.29) is 28.8 Å². The summed E-state index contributed by atoms with van der Waals surface area (Å²) >= 11 is 0. The van der Waals surface area contributed by atoms with Crippen molar-refractivity contribution in [2.75, 3.05) is 0 Å². The van der Waals surface area contributed by atoms with Gasteiger partial charge in [-0.15, -0.1) is 0 Å². The van der Waals surface area contributed by atoms with Gasteiger partial charge in [-0.25, -0.2) is 4.98 Å². The summed E-state index contributed by atoms with van der Waals surface area (Å²) in [5.74, 6) is 0.838. The predicted molar refractivity (Wildman–Crippen MR) is 128 cm³/mol. The third kappa shape index (κ3) is 3.45. The highest BCUT2D eigenvalue weighted by Crippen LogP contribution is 2.56. The van der Waals surface area contributed by atoms with Crippen LogP contribution < -0.4 is 5.32 Å². The number of amides is 1. The first-order chi connectivity index (χ1) is 16.5. The van der Waals surface area contributed by atoms with Crippen LogP contribution in [0.15, 0.2) is 36.8 Å². The molecule has 0 saturated heterocycles. The van der Waals surface area contributed by atoms with E-state index in [0.29, 0.717) is 30.8 Å². The number of Topliss-reactive ketones (excluding diaryl/α,β-unsaturated/α-hetero) is 2. The van der Waals surface area contributed by atoms with Gasteiger partial charge in [-0.2, -0.15) is 0 Å². The number of carbonyl (C=O) groups is 3. The van der Waals surface area contributed by atoms with Gasteiger partial charge in [-0.1, -0.05) is 30.7 Å². The summed E-state index contributed by atoms with van der Waals surface area (Å²) in [7, 11) is 0. The molecule has 6 heteroatoms. The maximum Gasteiger partial charge on any atom is 0.226 e. The second kappa shape index (κ2) is 8.17. The SMILES string of the molecule is O=C1CCC(NC(=O)C23CCCC(C(=O)CC4c5ccccc5-c5cncn54)(CC2)CC3)CC1. The molecule has 2 bridgehead atoms. The van der Waals surface area contributed by atoms with Crippen molar-refractivity contribution in [1.82, 2.24) is 14.9 Å². The van der Waals surface area contributed by atoms with Crippen molar-refractivity contribution in [3.63, 3.8) is 0 Å². The van der Waals surface area contributed by atoms with E-state index in [4.69, 9.17) is 0 Å². The van der Waals surface area contributed by atoms with Crippen molar-refractivity contribution >= 4 is 17.5 Å². The van der Waals surface area contributed by atoms with E-state index in [1.165, 1.54) is 11.1 Å². The Hall–Kier alpha value is -2.76. The number of nitrogens with one attached hydrogen (secondary N) is 1. The third-order valence-corrected chi connectivity index (χ3v) is 9.40. The Balaban J connectivity index is 1.16. The van der Waals surface area contributed by atoms with Gasteiger partial charge in [0.25, 0.3) is 0 Å². The van der Waals surface area contributed by atoms with Gasteiger partial charge >= 0.3 is 0 Å². The van der Waals surface area contributed by atoms with E-state index >= 15 is 0 Å². The molecule has 2 heterocycles. The zero-order valence-corrected chi connectivity index (χ0v) is 19.7. The molecule has 1 N–H and O–H groups in total. The molecular formula is C28H33N3O3. The lowest BCUT2D eigenvalue weighted by Gasteiger charge is -2.42. The Bertz CT molecular complexity index is 1130. The van der Waals surface area contributed by atoms with Crippen LogP contribution in [0.25, 0.3) is 11.3 Å². The largest absolute Gasteiger partial charge is 0.353 e. The lowest BCUT2D eigenvalue weighted by atomic mass is 9.62. The number of hydrogen-bond donors (Lipinski definition) is 1. The van der Waals surface area contributed by atoms with Crippen molar-refractivity contribution in [3.8, 4) is 11.3 Å². The molecule has 4 saturated carbocycles. The van der Waals surface area contributed by atoms with Gasteiger partial charge in [0.2, 0.25) is 5.91 Å². The van der Waals surface area contributed by atoms with Crippen LogP contribution in [0, 0.1) is 10.8 Å². The Kier molecular flexibility index (Phi) is 5.23. The average molecular weight is 460 g/mol. The smallest absolute Gasteiger partial charge is 0.226 e. The molecule has 1 aromatic carbocycles. The van der Waals surface area contributed by atoms with Gasteiger partial charge < -0.3 is 9.88 Å². The Morgan fingerprint density at radius 1 is 1.00 bits per heavy atom. The van der Waals surface area contributed by atoms with Crippen molar-refractivity contribution in [3.05, 3.63) is 42.4 Å². The highest BCUT2D eigenvalue weighted by molar-refractivity contribution is 5.88. The van der Waals surface area contributed by atoms with Crippen molar-refractivity contribution in [2.45, 2.75) is 89.1 Å². The molecule has 34 heavy (non-hydrogen) atoms. The monoisotopic (exact) mass is 459 g/mol. The van der Waals surface area contributed by atoms with E-state index < -0.39 is 0 Å². The number of carbonyl (C=O) groups excluding carboxylic acids is 3. The molecular weight excluding hydrogens is 426 g/mol. The minimum atomic E-state index is -0.334. The maximum atomic E-state index is 13.9. The highest BCUT2D eigenvalue weighted by Gasteiger charge is 2.53. The van der Waals surface area contributed by atoms with Gasteiger partial charge in [0, 0.05) is 41.7 Å². The summed E-state index contributed by atoms with van der Waals surface area (Å²) in [6, 6.07) is 8.50. The lowest BCUT2D eigenvalue weighted by Crippen LogP contribution is -2.49. The zero-order valence-electron chi connectivity index (χ0n) is 19.7. The third-order valence-electron chi connectivity index (χ3n) is 9.40. The summed E-state index contributed by atoms with van der Waals surface area (Å²) < 4.78 is 2.16. The quantitative estimate of drug-likeness (QED) is 0.698. The van der Waals surface area contributed by atoms with Gasteiger partial charge in [-0.3, -0.25) is 14.4 Å². The maximum absolute atomic E-state index is 13.9.